The van der Waals surface area contributed by atoms with Crippen molar-refractivity contribution in [3.63, 3.8) is 0 Å². The number of nitrogens with zero attached hydrogens (tertiary/aromatic N) is 1. The molecule has 122 valence electrons. The topological polar surface area (TPSA) is 73.3 Å². The van der Waals surface area contributed by atoms with Gasteiger partial charge in [0.25, 0.3) is 5.69 Å². The number of fused-ring (bicyclic) bond motifs is 1. The summed E-state index contributed by atoms with van der Waals surface area (Å²) >= 11 is 0. The molecule has 0 radical (unpaired) electrons. The highest BCUT2D eigenvalue weighted by molar-refractivity contribution is 5.96. The summed E-state index contributed by atoms with van der Waals surface area (Å²) in [5.41, 5.74) is -1.61. The van der Waals surface area contributed by atoms with Crippen LogP contribution in [0.25, 0.3) is 21.9 Å². The molecule has 0 aliphatic heterocycles. The van der Waals surface area contributed by atoms with Gasteiger partial charge in [0.05, 0.1) is 10.3 Å². The van der Waals surface area contributed by atoms with Gasteiger partial charge < -0.3 is 4.42 Å². The lowest BCUT2D eigenvalue weighted by Crippen LogP contribution is -2.13. The fourth-order valence-corrected chi connectivity index (χ4v) is 2.44. The fraction of sp³-hybridized carbons (Fsp3) is 0.0625. The number of non-ortho nitro benzene ring substituents is 1. The number of rotatable bonds is 2. The highest BCUT2D eigenvalue weighted by Crippen LogP contribution is 2.40. The SMILES string of the molecule is O=c1oc(C(F)(F)F)c(-c2ccc([N+](=O)[O-])cc2)c2ccccc12. The van der Waals surface area contributed by atoms with E-state index < -0.39 is 22.5 Å². The molecule has 1 heterocycles. The van der Waals surface area contributed by atoms with Crippen LogP contribution in [0.2, 0.25) is 0 Å². The second kappa shape index (κ2) is 5.48. The van der Waals surface area contributed by atoms with Gasteiger partial charge in [0.15, 0.2) is 0 Å². The maximum absolute atomic E-state index is 13.3. The van der Waals surface area contributed by atoms with Gasteiger partial charge >= 0.3 is 11.8 Å². The Morgan fingerprint density at radius 2 is 1.54 bits per heavy atom. The monoisotopic (exact) mass is 335 g/mol. The Morgan fingerprint density at radius 1 is 0.958 bits per heavy atom. The molecule has 0 bridgehead atoms. The minimum absolute atomic E-state index is 0.00106. The van der Waals surface area contributed by atoms with Gasteiger partial charge in [-0.1, -0.05) is 18.2 Å². The van der Waals surface area contributed by atoms with Gasteiger partial charge in [0.1, 0.15) is 0 Å². The van der Waals surface area contributed by atoms with Crippen molar-refractivity contribution in [3.05, 3.63) is 74.8 Å². The van der Waals surface area contributed by atoms with E-state index in [0.717, 1.165) is 12.1 Å². The second-order valence-corrected chi connectivity index (χ2v) is 4.94. The largest absolute Gasteiger partial charge is 0.450 e. The van der Waals surface area contributed by atoms with E-state index >= 15 is 0 Å². The van der Waals surface area contributed by atoms with Gasteiger partial charge in [-0.25, -0.2) is 4.79 Å². The molecule has 0 atom stereocenters. The second-order valence-electron chi connectivity index (χ2n) is 4.94. The molecule has 0 amide bonds. The van der Waals surface area contributed by atoms with Crippen LogP contribution in [0.4, 0.5) is 18.9 Å². The predicted molar refractivity (Wildman–Crippen MR) is 79.6 cm³/mol. The number of nitro groups is 1. The minimum Gasteiger partial charge on any atom is -0.417 e. The number of benzene rings is 2. The molecule has 5 nitrogen and oxygen atoms in total. The van der Waals surface area contributed by atoms with Crippen LogP contribution < -0.4 is 5.63 Å². The number of hydrogen-bond donors (Lipinski definition) is 0. The number of halogens is 3. The first-order chi connectivity index (χ1) is 11.3. The van der Waals surface area contributed by atoms with E-state index in [-0.39, 0.29) is 27.6 Å². The van der Waals surface area contributed by atoms with Crippen molar-refractivity contribution in [2.45, 2.75) is 6.18 Å². The summed E-state index contributed by atoms with van der Waals surface area (Å²) in [6.07, 6.45) is -4.89. The van der Waals surface area contributed by atoms with Crippen molar-refractivity contribution in [2.75, 3.05) is 0 Å². The molecule has 24 heavy (non-hydrogen) atoms. The van der Waals surface area contributed by atoms with Crippen molar-refractivity contribution >= 4 is 16.5 Å². The molecule has 8 heteroatoms. The predicted octanol–water partition coefficient (Wildman–Crippen LogP) is 4.39. The summed E-state index contributed by atoms with van der Waals surface area (Å²) in [7, 11) is 0. The molecule has 0 unspecified atom stereocenters. The summed E-state index contributed by atoms with van der Waals surface area (Å²) in [5, 5.41) is 10.8. The van der Waals surface area contributed by atoms with E-state index in [4.69, 9.17) is 0 Å². The molecule has 1 aromatic heterocycles. The summed E-state index contributed by atoms with van der Waals surface area (Å²) in [6.45, 7) is 0. The van der Waals surface area contributed by atoms with Crippen LogP contribution in [0.15, 0.2) is 57.7 Å². The number of nitro benzene ring substituents is 1. The normalized spacial score (nSPS) is 11.6. The molecule has 0 spiro atoms. The first-order valence-corrected chi connectivity index (χ1v) is 6.67. The molecule has 3 aromatic rings. The van der Waals surface area contributed by atoms with Crippen LogP contribution >= 0.6 is 0 Å². The first-order valence-electron chi connectivity index (χ1n) is 6.67. The molecule has 2 aromatic carbocycles. The lowest BCUT2D eigenvalue weighted by molar-refractivity contribution is -0.384. The zero-order valence-corrected chi connectivity index (χ0v) is 11.8. The van der Waals surface area contributed by atoms with Gasteiger partial charge in [-0.2, -0.15) is 13.2 Å². The van der Waals surface area contributed by atoms with Crippen LogP contribution in [-0.4, -0.2) is 4.92 Å². The average Bonchev–Trinajstić information content (AvgIpc) is 2.54. The third-order valence-electron chi connectivity index (χ3n) is 3.46. The Morgan fingerprint density at radius 3 is 2.08 bits per heavy atom. The van der Waals surface area contributed by atoms with E-state index in [0.29, 0.717) is 0 Å². The summed E-state index contributed by atoms with van der Waals surface area (Å²) in [6, 6.07) is 10.3. The van der Waals surface area contributed by atoms with Gasteiger partial charge in [0, 0.05) is 23.1 Å². The number of hydrogen-bond acceptors (Lipinski definition) is 4. The molecule has 3 rings (SSSR count). The van der Waals surface area contributed by atoms with Gasteiger partial charge in [0.2, 0.25) is 5.76 Å². The molecule has 0 saturated carbocycles. The van der Waals surface area contributed by atoms with Crippen molar-refractivity contribution in [1.82, 2.24) is 0 Å². The first kappa shape index (κ1) is 15.7. The van der Waals surface area contributed by atoms with Gasteiger partial charge in [-0.05, 0) is 23.8 Å². The highest BCUT2D eigenvalue weighted by atomic mass is 19.4. The lowest BCUT2D eigenvalue weighted by Gasteiger charge is -2.13. The van der Waals surface area contributed by atoms with Crippen LogP contribution in [0.5, 0.6) is 0 Å². The van der Waals surface area contributed by atoms with Crippen LogP contribution in [-0.2, 0) is 6.18 Å². The summed E-state index contributed by atoms with van der Waals surface area (Å²) < 4.78 is 44.4. The van der Waals surface area contributed by atoms with Crippen molar-refractivity contribution < 1.29 is 22.5 Å². The van der Waals surface area contributed by atoms with Crippen molar-refractivity contribution in [3.8, 4) is 11.1 Å². The molecular formula is C16H8F3NO4. The van der Waals surface area contributed by atoms with Crippen LogP contribution in [0, 0.1) is 10.1 Å². The maximum Gasteiger partial charge on any atom is 0.450 e. The molecular weight excluding hydrogens is 327 g/mol. The Balaban J connectivity index is 2.38. The maximum atomic E-state index is 13.3. The standard InChI is InChI=1S/C16H8F3NO4/c17-16(18,19)14-13(9-5-7-10(8-6-9)20(22)23)11-3-1-2-4-12(11)15(21)24-14/h1-8H. The molecule has 0 N–H and O–H groups in total. The Kier molecular flexibility index (Phi) is 3.59. The Bertz CT molecular complexity index is 991. The number of alkyl halides is 3. The average molecular weight is 335 g/mol. The van der Waals surface area contributed by atoms with E-state index in [1.807, 2.05) is 0 Å². The van der Waals surface area contributed by atoms with E-state index in [2.05, 4.69) is 4.42 Å². The molecule has 0 fully saturated rings. The van der Waals surface area contributed by atoms with E-state index in [1.54, 1.807) is 0 Å². The van der Waals surface area contributed by atoms with E-state index in [1.165, 1.54) is 36.4 Å². The quantitative estimate of drug-likeness (QED) is 0.514. The molecule has 0 aliphatic rings. The van der Waals surface area contributed by atoms with Crippen LogP contribution in [0.1, 0.15) is 5.76 Å². The highest BCUT2D eigenvalue weighted by Gasteiger charge is 2.39. The lowest BCUT2D eigenvalue weighted by atomic mass is 9.98. The van der Waals surface area contributed by atoms with Gasteiger partial charge in [-0.15, -0.1) is 0 Å². The summed E-state index contributed by atoms with van der Waals surface area (Å²) in [4.78, 5) is 21.9. The molecule has 0 saturated heterocycles. The van der Waals surface area contributed by atoms with Crippen LogP contribution in [0.3, 0.4) is 0 Å². The zero-order valence-electron chi connectivity index (χ0n) is 11.8. The smallest absolute Gasteiger partial charge is 0.417 e. The molecule has 0 aliphatic carbocycles. The minimum atomic E-state index is -4.89. The van der Waals surface area contributed by atoms with Gasteiger partial charge in [-0.3, -0.25) is 10.1 Å². The Hall–Kier alpha value is -3.16. The third-order valence-corrected chi connectivity index (χ3v) is 3.46. The van der Waals surface area contributed by atoms with E-state index in [9.17, 15) is 28.1 Å². The summed E-state index contributed by atoms with van der Waals surface area (Å²) in [5.74, 6) is -1.43. The van der Waals surface area contributed by atoms with Crippen molar-refractivity contribution in [2.24, 2.45) is 0 Å². The fourth-order valence-electron chi connectivity index (χ4n) is 2.44. The third kappa shape index (κ3) is 2.62. The Labute approximate surface area is 132 Å². The zero-order chi connectivity index (χ0) is 17.5. The van der Waals surface area contributed by atoms with Crippen molar-refractivity contribution in [1.29, 1.82) is 0 Å².